The lowest BCUT2D eigenvalue weighted by Gasteiger charge is -2.08. The Morgan fingerprint density at radius 1 is 1.16 bits per heavy atom. The molecule has 0 saturated carbocycles. The Morgan fingerprint density at radius 2 is 1.89 bits per heavy atom. The molecule has 0 amide bonds. The summed E-state index contributed by atoms with van der Waals surface area (Å²) in [6.45, 7) is 2.98. The quantitative estimate of drug-likeness (QED) is 0.857. The van der Waals surface area contributed by atoms with Crippen LogP contribution in [0.5, 0.6) is 0 Å². The number of benzene rings is 1. The third-order valence-corrected chi connectivity index (χ3v) is 2.51. The monoisotopic (exact) mass is 253 g/mol. The van der Waals surface area contributed by atoms with Crippen molar-refractivity contribution in [2.75, 3.05) is 17.2 Å². The molecule has 0 atom stereocenters. The number of aromatic nitrogens is 2. The lowest BCUT2D eigenvalue weighted by atomic mass is 10.2. The van der Waals surface area contributed by atoms with Gasteiger partial charge in [-0.2, -0.15) is 5.26 Å². The van der Waals surface area contributed by atoms with Crippen LogP contribution in [0, 0.1) is 11.3 Å². The van der Waals surface area contributed by atoms with Gasteiger partial charge in [-0.1, -0.05) is 6.92 Å². The molecule has 2 rings (SSSR count). The number of rotatable bonds is 5. The highest BCUT2D eigenvalue weighted by Gasteiger charge is 1.99. The fourth-order valence-corrected chi connectivity index (χ4v) is 1.55. The van der Waals surface area contributed by atoms with E-state index in [0.717, 1.165) is 30.3 Å². The van der Waals surface area contributed by atoms with Gasteiger partial charge >= 0.3 is 0 Å². The van der Waals surface area contributed by atoms with Crippen LogP contribution in [0.3, 0.4) is 0 Å². The Balaban J connectivity index is 2.07. The summed E-state index contributed by atoms with van der Waals surface area (Å²) in [5.74, 6) is 1.52. The van der Waals surface area contributed by atoms with Gasteiger partial charge in [0.2, 0.25) is 0 Å². The number of anilines is 3. The van der Waals surface area contributed by atoms with Gasteiger partial charge in [0.05, 0.1) is 11.6 Å². The van der Waals surface area contributed by atoms with Crippen LogP contribution in [-0.4, -0.2) is 16.5 Å². The Bertz CT molecular complexity index is 571. The molecule has 5 nitrogen and oxygen atoms in total. The molecule has 5 heteroatoms. The highest BCUT2D eigenvalue weighted by molar-refractivity contribution is 5.59. The van der Waals surface area contributed by atoms with Crippen molar-refractivity contribution in [3.63, 3.8) is 0 Å². The summed E-state index contributed by atoms with van der Waals surface area (Å²) >= 11 is 0. The zero-order chi connectivity index (χ0) is 13.5. The molecule has 0 aliphatic rings. The first-order valence-electron chi connectivity index (χ1n) is 6.15. The molecular weight excluding hydrogens is 238 g/mol. The second kappa shape index (κ2) is 6.36. The van der Waals surface area contributed by atoms with Crippen molar-refractivity contribution in [3.8, 4) is 6.07 Å². The second-order valence-corrected chi connectivity index (χ2v) is 4.03. The average molecular weight is 253 g/mol. The predicted octanol–water partition coefficient (Wildman–Crippen LogP) is 2.91. The summed E-state index contributed by atoms with van der Waals surface area (Å²) in [5.41, 5.74) is 1.53. The molecule has 1 heterocycles. The van der Waals surface area contributed by atoms with E-state index in [1.807, 2.05) is 18.2 Å². The molecule has 0 saturated heterocycles. The van der Waals surface area contributed by atoms with E-state index < -0.39 is 0 Å². The summed E-state index contributed by atoms with van der Waals surface area (Å²) in [6, 6.07) is 11.2. The van der Waals surface area contributed by atoms with E-state index in [1.54, 1.807) is 12.1 Å². The van der Waals surface area contributed by atoms with Crippen LogP contribution >= 0.6 is 0 Å². The number of nitriles is 1. The Labute approximate surface area is 112 Å². The Hall–Kier alpha value is -2.61. The van der Waals surface area contributed by atoms with Crippen LogP contribution < -0.4 is 10.6 Å². The number of nitrogens with one attached hydrogen (secondary N) is 2. The standard InChI is InChI=1S/C14H15N5/c1-2-7-16-13-8-14(18-10-17-13)19-12-5-3-11(9-15)4-6-12/h3-6,8,10H,2,7H2,1H3,(H2,16,17,18,19). The van der Waals surface area contributed by atoms with Gasteiger partial charge in [0.15, 0.2) is 0 Å². The van der Waals surface area contributed by atoms with E-state index in [2.05, 4.69) is 33.6 Å². The van der Waals surface area contributed by atoms with Crippen molar-refractivity contribution in [2.24, 2.45) is 0 Å². The fourth-order valence-electron chi connectivity index (χ4n) is 1.55. The zero-order valence-electron chi connectivity index (χ0n) is 10.7. The zero-order valence-corrected chi connectivity index (χ0v) is 10.7. The first-order chi connectivity index (χ1) is 9.31. The molecule has 2 aromatic rings. The predicted molar refractivity (Wildman–Crippen MR) is 75.3 cm³/mol. The SMILES string of the molecule is CCCNc1cc(Nc2ccc(C#N)cc2)ncn1. The summed E-state index contributed by atoms with van der Waals surface area (Å²) in [6.07, 6.45) is 2.56. The summed E-state index contributed by atoms with van der Waals surface area (Å²) in [5, 5.41) is 15.1. The van der Waals surface area contributed by atoms with Crippen LogP contribution in [0.25, 0.3) is 0 Å². The number of hydrogen-bond acceptors (Lipinski definition) is 5. The largest absolute Gasteiger partial charge is 0.370 e. The van der Waals surface area contributed by atoms with E-state index in [1.165, 1.54) is 6.33 Å². The van der Waals surface area contributed by atoms with E-state index >= 15 is 0 Å². The third-order valence-electron chi connectivity index (χ3n) is 2.51. The molecule has 0 aliphatic heterocycles. The maximum absolute atomic E-state index is 8.74. The molecule has 19 heavy (non-hydrogen) atoms. The lowest BCUT2D eigenvalue weighted by molar-refractivity contribution is 0.965. The van der Waals surface area contributed by atoms with Gasteiger partial charge in [-0.3, -0.25) is 0 Å². The van der Waals surface area contributed by atoms with Crippen molar-refractivity contribution >= 4 is 17.3 Å². The highest BCUT2D eigenvalue weighted by atomic mass is 15.1. The summed E-state index contributed by atoms with van der Waals surface area (Å²) in [4.78, 5) is 8.30. The second-order valence-electron chi connectivity index (χ2n) is 4.03. The van der Waals surface area contributed by atoms with Crippen molar-refractivity contribution < 1.29 is 0 Å². The van der Waals surface area contributed by atoms with Gasteiger partial charge in [-0.05, 0) is 30.7 Å². The normalized spacial score (nSPS) is 9.68. The third kappa shape index (κ3) is 3.68. The molecule has 2 N–H and O–H groups in total. The number of nitrogens with zero attached hydrogens (tertiary/aromatic N) is 3. The van der Waals surface area contributed by atoms with Crippen LogP contribution in [0.2, 0.25) is 0 Å². The van der Waals surface area contributed by atoms with Crippen LogP contribution in [0.15, 0.2) is 36.7 Å². The molecule has 96 valence electrons. The van der Waals surface area contributed by atoms with E-state index in [4.69, 9.17) is 5.26 Å². The molecule has 0 radical (unpaired) electrons. The van der Waals surface area contributed by atoms with Gasteiger partial charge in [0.25, 0.3) is 0 Å². The Morgan fingerprint density at radius 3 is 2.58 bits per heavy atom. The molecule has 0 unspecified atom stereocenters. The first-order valence-corrected chi connectivity index (χ1v) is 6.15. The smallest absolute Gasteiger partial charge is 0.135 e. The maximum Gasteiger partial charge on any atom is 0.135 e. The van der Waals surface area contributed by atoms with Crippen LogP contribution in [0.4, 0.5) is 17.3 Å². The van der Waals surface area contributed by atoms with Gasteiger partial charge in [0.1, 0.15) is 18.0 Å². The fraction of sp³-hybridized carbons (Fsp3) is 0.214. The van der Waals surface area contributed by atoms with Gasteiger partial charge in [0, 0.05) is 18.3 Å². The summed E-state index contributed by atoms with van der Waals surface area (Å²) in [7, 11) is 0. The number of hydrogen-bond donors (Lipinski definition) is 2. The van der Waals surface area contributed by atoms with Gasteiger partial charge in [-0.15, -0.1) is 0 Å². The van der Waals surface area contributed by atoms with Crippen molar-refractivity contribution in [2.45, 2.75) is 13.3 Å². The highest BCUT2D eigenvalue weighted by Crippen LogP contribution is 2.16. The molecule has 0 spiro atoms. The van der Waals surface area contributed by atoms with Crippen molar-refractivity contribution in [1.29, 1.82) is 5.26 Å². The lowest BCUT2D eigenvalue weighted by Crippen LogP contribution is -2.03. The molecular formula is C14H15N5. The average Bonchev–Trinajstić information content (AvgIpc) is 2.46. The van der Waals surface area contributed by atoms with E-state index in [9.17, 15) is 0 Å². The van der Waals surface area contributed by atoms with E-state index in [-0.39, 0.29) is 0 Å². The molecule has 0 bridgehead atoms. The Kier molecular flexibility index (Phi) is 4.29. The summed E-state index contributed by atoms with van der Waals surface area (Å²) < 4.78 is 0. The minimum absolute atomic E-state index is 0.638. The topological polar surface area (TPSA) is 73.6 Å². The van der Waals surface area contributed by atoms with Crippen molar-refractivity contribution in [1.82, 2.24) is 9.97 Å². The van der Waals surface area contributed by atoms with E-state index in [0.29, 0.717) is 5.56 Å². The molecule has 1 aromatic carbocycles. The maximum atomic E-state index is 8.74. The van der Waals surface area contributed by atoms with Gasteiger partial charge < -0.3 is 10.6 Å². The minimum Gasteiger partial charge on any atom is -0.370 e. The molecule has 0 fully saturated rings. The van der Waals surface area contributed by atoms with Crippen molar-refractivity contribution in [3.05, 3.63) is 42.2 Å². The van der Waals surface area contributed by atoms with Crippen LogP contribution in [0.1, 0.15) is 18.9 Å². The first kappa shape index (κ1) is 12.8. The molecule has 0 aliphatic carbocycles. The van der Waals surface area contributed by atoms with Gasteiger partial charge in [-0.25, -0.2) is 9.97 Å². The molecule has 1 aromatic heterocycles. The minimum atomic E-state index is 0.638. The van der Waals surface area contributed by atoms with Crippen LogP contribution in [-0.2, 0) is 0 Å².